The summed E-state index contributed by atoms with van der Waals surface area (Å²) in [5.41, 5.74) is 13.3. The lowest BCUT2D eigenvalue weighted by Crippen LogP contribution is -2.11. The van der Waals surface area contributed by atoms with E-state index in [-0.39, 0.29) is 0 Å². The van der Waals surface area contributed by atoms with Crippen LogP contribution < -0.4 is 0 Å². The molecule has 3 atom stereocenters. The minimum absolute atomic E-state index is 0.545. The average Bonchev–Trinajstić information content (AvgIpc) is 3.01. The number of benzene rings is 4. The zero-order chi connectivity index (χ0) is 29.0. The predicted molar refractivity (Wildman–Crippen MR) is 184 cm³/mol. The zero-order valence-corrected chi connectivity index (χ0v) is 26.4. The van der Waals surface area contributed by atoms with Gasteiger partial charge in [-0.25, -0.2) is 0 Å². The highest BCUT2D eigenvalue weighted by Crippen LogP contribution is 2.37. The van der Waals surface area contributed by atoms with Crippen LogP contribution in [0.2, 0.25) is 0 Å². The molecule has 0 aliphatic heterocycles. The maximum Gasteiger partial charge on any atom is 0.00497 e. The topological polar surface area (TPSA) is 0 Å². The van der Waals surface area contributed by atoms with Crippen molar-refractivity contribution >= 4 is 8.58 Å². The molecular formula is C40H45P. The third-order valence-corrected chi connectivity index (χ3v) is 9.61. The van der Waals surface area contributed by atoms with Crippen molar-refractivity contribution in [3.8, 4) is 22.3 Å². The molecule has 0 nitrogen and oxygen atoms in total. The molecule has 0 spiro atoms. The van der Waals surface area contributed by atoms with Crippen molar-refractivity contribution < 1.29 is 0 Å². The number of hydrogen-bond donors (Lipinski definition) is 0. The maximum absolute atomic E-state index is 2.37. The highest BCUT2D eigenvalue weighted by atomic mass is 31.1. The van der Waals surface area contributed by atoms with Crippen LogP contribution in [0, 0.1) is 19.8 Å². The van der Waals surface area contributed by atoms with E-state index in [9.17, 15) is 0 Å². The van der Waals surface area contributed by atoms with Crippen molar-refractivity contribution in [2.75, 3.05) is 0 Å². The summed E-state index contributed by atoms with van der Waals surface area (Å²) >= 11 is 0. The fraction of sp³-hybridized carbons (Fsp3) is 0.250. The van der Waals surface area contributed by atoms with Gasteiger partial charge in [0, 0.05) is 11.6 Å². The van der Waals surface area contributed by atoms with Gasteiger partial charge in [-0.15, -0.1) is 8.58 Å². The summed E-state index contributed by atoms with van der Waals surface area (Å²) in [6.45, 7) is 11.0. The molecule has 210 valence electrons. The Hall–Kier alpha value is -3.47. The first-order valence-electron chi connectivity index (χ1n) is 15.1. The van der Waals surface area contributed by atoms with Crippen LogP contribution in [0.5, 0.6) is 0 Å². The molecule has 5 rings (SSSR count). The van der Waals surface area contributed by atoms with Gasteiger partial charge in [-0.1, -0.05) is 141 Å². The molecule has 4 aromatic carbocycles. The zero-order valence-electron chi connectivity index (χ0n) is 25.4. The molecule has 1 heteroatoms. The van der Waals surface area contributed by atoms with E-state index in [0.717, 1.165) is 27.6 Å². The maximum atomic E-state index is 2.37. The lowest BCUT2D eigenvalue weighted by atomic mass is 9.90. The molecule has 3 unspecified atom stereocenters. The van der Waals surface area contributed by atoms with Gasteiger partial charge in [-0.05, 0) is 89.8 Å². The summed E-state index contributed by atoms with van der Waals surface area (Å²) in [4.78, 5) is 0. The first-order valence-corrected chi connectivity index (χ1v) is 16.4. The second kappa shape index (κ2) is 15.5. The van der Waals surface area contributed by atoms with Crippen LogP contribution >= 0.6 is 8.58 Å². The lowest BCUT2D eigenvalue weighted by Gasteiger charge is -2.22. The van der Waals surface area contributed by atoms with Crippen LogP contribution in [-0.4, -0.2) is 5.66 Å². The fourth-order valence-electron chi connectivity index (χ4n) is 5.76. The van der Waals surface area contributed by atoms with Gasteiger partial charge in [0.2, 0.25) is 0 Å². The Morgan fingerprint density at radius 2 is 1.20 bits per heavy atom. The molecule has 41 heavy (non-hydrogen) atoms. The van der Waals surface area contributed by atoms with Crippen molar-refractivity contribution in [3.05, 3.63) is 155 Å². The molecule has 0 saturated heterocycles. The van der Waals surface area contributed by atoms with E-state index in [1.54, 1.807) is 0 Å². The van der Waals surface area contributed by atoms with E-state index >= 15 is 0 Å². The largest absolute Gasteiger partial charge is 0.110 e. The third kappa shape index (κ3) is 7.84. The molecule has 0 N–H and O–H groups in total. The van der Waals surface area contributed by atoms with Gasteiger partial charge in [-0.2, -0.15) is 0 Å². The average molecular weight is 557 g/mol. The summed E-state index contributed by atoms with van der Waals surface area (Å²) in [5, 5.41) is 0. The number of hydrogen-bond acceptors (Lipinski definition) is 0. The van der Waals surface area contributed by atoms with Gasteiger partial charge in [0.15, 0.2) is 0 Å². The van der Waals surface area contributed by atoms with Gasteiger partial charge in [0.25, 0.3) is 0 Å². The fourth-order valence-corrected chi connectivity index (χ4v) is 7.26. The summed E-state index contributed by atoms with van der Waals surface area (Å²) in [7, 11) is 0.898. The summed E-state index contributed by atoms with van der Waals surface area (Å²) in [5.74, 6) is 0.545. The van der Waals surface area contributed by atoms with Crippen LogP contribution in [0.3, 0.4) is 0 Å². The summed E-state index contributed by atoms with van der Waals surface area (Å²) in [6.07, 6.45) is 16.9. The number of allylic oxidation sites excluding steroid dienone is 6. The molecule has 0 radical (unpaired) electrons. The van der Waals surface area contributed by atoms with Gasteiger partial charge in [-0.3, -0.25) is 0 Å². The second-order valence-corrected chi connectivity index (χ2v) is 12.2. The molecule has 1 aliphatic carbocycles. The van der Waals surface area contributed by atoms with Crippen molar-refractivity contribution in [2.24, 2.45) is 5.92 Å². The van der Waals surface area contributed by atoms with Gasteiger partial charge in [0.05, 0.1) is 0 Å². The minimum Gasteiger partial charge on any atom is -0.110 e. The number of rotatable bonds is 8. The van der Waals surface area contributed by atoms with Gasteiger partial charge >= 0.3 is 0 Å². The number of aryl methyl sites for hydroxylation is 4. The van der Waals surface area contributed by atoms with Crippen molar-refractivity contribution in [3.63, 3.8) is 0 Å². The predicted octanol–water partition coefficient (Wildman–Crippen LogP) is 11.3. The molecular weight excluding hydrogens is 511 g/mol. The molecule has 0 heterocycles. The third-order valence-electron chi connectivity index (χ3n) is 7.98. The minimum atomic E-state index is 0.545. The van der Waals surface area contributed by atoms with E-state index in [0.29, 0.717) is 11.6 Å². The summed E-state index contributed by atoms with van der Waals surface area (Å²) < 4.78 is 0. The monoisotopic (exact) mass is 556 g/mol. The molecule has 4 aromatic rings. The van der Waals surface area contributed by atoms with E-state index in [1.165, 1.54) is 50.1 Å². The normalized spacial score (nSPS) is 16.3. The van der Waals surface area contributed by atoms with E-state index in [1.807, 2.05) is 0 Å². The van der Waals surface area contributed by atoms with Crippen LogP contribution in [0.4, 0.5) is 0 Å². The first kappa shape index (κ1) is 30.5. The standard InChI is InChI=1S/C23H25P.C17H20/c1-3-10-19-12-6-9-16-23(19)24-17-20-13-5-8-15-22(20)21-14-7-4-11-18(21)2;1-4-14-10-6-7-12-16(14)17-13(3)9-8-11-15(17)5-2/h3-16,19,23-24H,17H2,1-2H3;6-12H,4-5H2,1-3H3/b10-3+;. The highest BCUT2D eigenvalue weighted by molar-refractivity contribution is 7.38. The van der Waals surface area contributed by atoms with Crippen LogP contribution in [-0.2, 0) is 19.0 Å². The molecule has 0 fully saturated rings. The SMILES string of the molecule is C/C=C/C1C=CC=CC1PCc1ccccc1-c1ccccc1C.CCc1ccccc1-c1c(C)cccc1CC. The highest BCUT2D eigenvalue weighted by Gasteiger charge is 2.17. The Kier molecular flexibility index (Phi) is 11.5. The van der Waals surface area contributed by atoms with Gasteiger partial charge < -0.3 is 0 Å². The molecule has 0 amide bonds. The van der Waals surface area contributed by atoms with E-state index in [2.05, 4.69) is 162 Å². The molecule has 0 bridgehead atoms. The Labute approximate surface area is 250 Å². The molecule has 0 saturated carbocycles. The van der Waals surface area contributed by atoms with Gasteiger partial charge in [0.1, 0.15) is 0 Å². The Bertz CT molecular complexity index is 1500. The van der Waals surface area contributed by atoms with Crippen LogP contribution in [0.15, 0.2) is 127 Å². The van der Waals surface area contributed by atoms with Crippen LogP contribution in [0.1, 0.15) is 48.6 Å². The van der Waals surface area contributed by atoms with E-state index < -0.39 is 0 Å². The Balaban J connectivity index is 0.000000201. The first-order chi connectivity index (χ1) is 20.1. The Morgan fingerprint density at radius 3 is 1.90 bits per heavy atom. The Morgan fingerprint density at radius 1 is 0.610 bits per heavy atom. The smallest absolute Gasteiger partial charge is 0.00497 e. The molecule has 0 aromatic heterocycles. The van der Waals surface area contributed by atoms with Crippen molar-refractivity contribution in [2.45, 2.75) is 59.3 Å². The van der Waals surface area contributed by atoms with Crippen molar-refractivity contribution in [1.82, 2.24) is 0 Å². The lowest BCUT2D eigenvalue weighted by molar-refractivity contribution is 0.831. The van der Waals surface area contributed by atoms with E-state index in [4.69, 9.17) is 0 Å². The second-order valence-electron chi connectivity index (χ2n) is 10.7. The summed E-state index contributed by atoms with van der Waals surface area (Å²) in [6, 6.07) is 32.9. The molecule has 1 aliphatic rings. The van der Waals surface area contributed by atoms with Crippen molar-refractivity contribution in [1.29, 1.82) is 0 Å². The van der Waals surface area contributed by atoms with Crippen LogP contribution in [0.25, 0.3) is 22.3 Å². The quantitative estimate of drug-likeness (QED) is 0.150.